The topological polar surface area (TPSA) is 32.3 Å². The molecule has 2 aromatic carbocycles. The molecule has 3 aromatic rings. The minimum absolute atomic E-state index is 0.188. The van der Waals surface area contributed by atoms with Crippen molar-refractivity contribution < 1.29 is 4.39 Å². The fraction of sp³-hybridized carbons (Fsp3) is 0.300. The highest BCUT2D eigenvalue weighted by Gasteiger charge is 2.18. The maximum atomic E-state index is 13.1. The van der Waals surface area contributed by atoms with E-state index in [-0.39, 0.29) is 5.82 Å². The van der Waals surface area contributed by atoms with Crippen molar-refractivity contribution in [3.8, 4) is 0 Å². The molecule has 1 saturated heterocycles. The Labute approximate surface area is 157 Å². The monoisotopic (exact) mass is 370 g/mol. The number of hydrogen-bond acceptors (Lipinski definition) is 4. The lowest BCUT2D eigenvalue weighted by Crippen LogP contribution is -2.31. The number of rotatable bonds is 3. The van der Waals surface area contributed by atoms with Crippen LogP contribution < -0.4 is 4.90 Å². The standard InChI is InChI=1S/C20H20ClFN4/c21-16-4-7-18-19(12-16)23-14-24-20(18)26-9-1-8-25(10-11-26)13-15-2-5-17(22)6-3-15/h2-7,12,14H,1,8-11,13H2. The van der Waals surface area contributed by atoms with Gasteiger partial charge in [0.25, 0.3) is 0 Å². The number of hydrogen-bond donors (Lipinski definition) is 0. The van der Waals surface area contributed by atoms with Gasteiger partial charge in [0.2, 0.25) is 0 Å². The Balaban J connectivity index is 1.49. The van der Waals surface area contributed by atoms with E-state index >= 15 is 0 Å². The van der Waals surface area contributed by atoms with E-state index in [2.05, 4.69) is 19.8 Å². The summed E-state index contributed by atoms with van der Waals surface area (Å²) in [7, 11) is 0. The minimum Gasteiger partial charge on any atom is -0.355 e. The molecule has 0 N–H and O–H groups in total. The first kappa shape index (κ1) is 17.2. The summed E-state index contributed by atoms with van der Waals surface area (Å²) in [6, 6.07) is 12.5. The quantitative estimate of drug-likeness (QED) is 0.693. The summed E-state index contributed by atoms with van der Waals surface area (Å²) in [6.45, 7) is 4.65. The van der Waals surface area contributed by atoms with Crippen LogP contribution in [0.2, 0.25) is 5.02 Å². The van der Waals surface area contributed by atoms with Crippen LogP contribution in [-0.4, -0.2) is 41.0 Å². The largest absolute Gasteiger partial charge is 0.355 e. The van der Waals surface area contributed by atoms with E-state index in [0.717, 1.165) is 61.4 Å². The number of anilines is 1. The van der Waals surface area contributed by atoms with Crippen LogP contribution in [0.5, 0.6) is 0 Å². The molecule has 2 heterocycles. The molecule has 4 rings (SSSR count). The van der Waals surface area contributed by atoms with Gasteiger partial charge < -0.3 is 4.90 Å². The van der Waals surface area contributed by atoms with Gasteiger partial charge in [-0.05, 0) is 42.3 Å². The molecule has 0 spiro atoms. The third kappa shape index (κ3) is 3.79. The van der Waals surface area contributed by atoms with Crippen LogP contribution in [0.15, 0.2) is 48.8 Å². The minimum atomic E-state index is -0.188. The second-order valence-corrected chi connectivity index (χ2v) is 7.04. The van der Waals surface area contributed by atoms with Crippen molar-refractivity contribution in [3.05, 3.63) is 65.2 Å². The van der Waals surface area contributed by atoms with E-state index in [1.54, 1.807) is 6.33 Å². The summed E-state index contributed by atoms with van der Waals surface area (Å²) in [6.07, 6.45) is 2.66. The molecule has 0 bridgehead atoms. The molecule has 0 radical (unpaired) electrons. The number of halogens is 2. The second kappa shape index (κ2) is 7.56. The van der Waals surface area contributed by atoms with Crippen molar-refractivity contribution in [2.75, 3.05) is 31.1 Å². The van der Waals surface area contributed by atoms with Crippen LogP contribution in [0.3, 0.4) is 0 Å². The van der Waals surface area contributed by atoms with Gasteiger partial charge in [0, 0.05) is 43.1 Å². The van der Waals surface area contributed by atoms with Crippen LogP contribution >= 0.6 is 11.6 Å². The predicted octanol–water partition coefficient (Wildman–Crippen LogP) is 4.13. The molecule has 6 heteroatoms. The van der Waals surface area contributed by atoms with Crippen LogP contribution in [0.4, 0.5) is 10.2 Å². The highest BCUT2D eigenvalue weighted by atomic mass is 35.5. The zero-order chi connectivity index (χ0) is 17.9. The van der Waals surface area contributed by atoms with Gasteiger partial charge in [-0.2, -0.15) is 0 Å². The Morgan fingerprint density at radius 2 is 1.81 bits per heavy atom. The van der Waals surface area contributed by atoms with Gasteiger partial charge in [-0.15, -0.1) is 0 Å². The summed E-state index contributed by atoms with van der Waals surface area (Å²) in [5, 5.41) is 1.72. The smallest absolute Gasteiger partial charge is 0.139 e. The van der Waals surface area contributed by atoms with Crippen molar-refractivity contribution in [1.29, 1.82) is 0 Å². The van der Waals surface area contributed by atoms with Crippen molar-refractivity contribution in [1.82, 2.24) is 14.9 Å². The first-order valence-corrected chi connectivity index (χ1v) is 9.19. The van der Waals surface area contributed by atoms with Crippen molar-refractivity contribution in [2.45, 2.75) is 13.0 Å². The van der Waals surface area contributed by atoms with Crippen LogP contribution in [-0.2, 0) is 6.54 Å². The Bertz CT molecular complexity index is 900. The Kier molecular flexibility index (Phi) is 5.00. The van der Waals surface area contributed by atoms with Crippen molar-refractivity contribution >= 4 is 28.3 Å². The third-order valence-electron chi connectivity index (χ3n) is 4.79. The molecule has 134 valence electrons. The molecule has 0 amide bonds. The van der Waals surface area contributed by atoms with Gasteiger partial charge >= 0.3 is 0 Å². The summed E-state index contributed by atoms with van der Waals surface area (Å²) < 4.78 is 13.1. The predicted molar refractivity (Wildman–Crippen MR) is 103 cm³/mol. The normalized spacial score (nSPS) is 16.0. The summed E-state index contributed by atoms with van der Waals surface area (Å²) in [5.74, 6) is 0.779. The zero-order valence-electron chi connectivity index (χ0n) is 14.4. The maximum absolute atomic E-state index is 13.1. The van der Waals surface area contributed by atoms with Crippen LogP contribution in [0, 0.1) is 5.82 Å². The molecular weight excluding hydrogens is 351 g/mol. The summed E-state index contributed by atoms with van der Waals surface area (Å²) in [5.41, 5.74) is 2.01. The highest BCUT2D eigenvalue weighted by Crippen LogP contribution is 2.26. The molecule has 0 aliphatic carbocycles. The molecular formula is C20H20ClFN4. The lowest BCUT2D eigenvalue weighted by molar-refractivity contribution is 0.285. The van der Waals surface area contributed by atoms with Crippen molar-refractivity contribution in [2.24, 2.45) is 0 Å². The summed E-state index contributed by atoms with van der Waals surface area (Å²) in [4.78, 5) is 13.6. The molecule has 0 unspecified atom stereocenters. The van der Waals surface area contributed by atoms with Crippen molar-refractivity contribution in [3.63, 3.8) is 0 Å². The molecule has 0 atom stereocenters. The molecule has 26 heavy (non-hydrogen) atoms. The fourth-order valence-corrected chi connectivity index (χ4v) is 3.62. The molecule has 1 aliphatic rings. The Morgan fingerprint density at radius 3 is 2.65 bits per heavy atom. The number of nitrogens with zero attached hydrogens (tertiary/aromatic N) is 4. The Hall–Kier alpha value is -2.24. The van der Waals surface area contributed by atoms with Gasteiger partial charge in [0.15, 0.2) is 0 Å². The van der Waals surface area contributed by atoms with Gasteiger partial charge in [-0.25, -0.2) is 14.4 Å². The van der Waals surface area contributed by atoms with Gasteiger partial charge in [0.1, 0.15) is 18.0 Å². The SMILES string of the molecule is Fc1ccc(CN2CCCN(c3ncnc4cc(Cl)ccc34)CC2)cc1. The molecule has 1 aliphatic heterocycles. The molecule has 1 aromatic heterocycles. The van der Waals surface area contributed by atoms with Gasteiger partial charge in [0.05, 0.1) is 5.52 Å². The third-order valence-corrected chi connectivity index (χ3v) is 5.02. The maximum Gasteiger partial charge on any atom is 0.139 e. The van der Waals surface area contributed by atoms with E-state index in [1.165, 1.54) is 12.1 Å². The molecule has 4 nitrogen and oxygen atoms in total. The van der Waals surface area contributed by atoms with E-state index in [0.29, 0.717) is 5.02 Å². The number of aromatic nitrogens is 2. The average molecular weight is 371 g/mol. The zero-order valence-corrected chi connectivity index (χ0v) is 15.2. The lowest BCUT2D eigenvalue weighted by Gasteiger charge is -2.23. The van der Waals surface area contributed by atoms with E-state index in [9.17, 15) is 4.39 Å². The van der Waals surface area contributed by atoms with E-state index in [4.69, 9.17) is 11.6 Å². The average Bonchev–Trinajstić information content (AvgIpc) is 2.88. The van der Waals surface area contributed by atoms with E-state index in [1.807, 2.05) is 30.3 Å². The lowest BCUT2D eigenvalue weighted by atomic mass is 10.2. The van der Waals surface area contributed by atoms with Gasteiger partial charge in [-0.1, -0.05) is 23.7 Å². The first-order chi connectivity index (χ1) is 12.7. The molecule has 1 fully saturated rings. The number of benzene rings is 2. The fourth-order valence-electron chi connectivity index (χ4n) is 3.46. The van der Waals surface area contributed by atoms with Crippen LogP contribution in [0.1, 0.15) is 12.0 Å². The highest BCUT2D eigenvalue weighted by molar-refractivity contribution is 6.31. The first-order valence-electron chi connectivity index (χ1n) is 8.81. The molecule has 0 saturated carbocycles. The van der Waals surface area contributed by atoms with Crippen LogP contribution in [0.25, 0.3) is 10.9 Å². The van der Waals surface area contributed by atoms with E-state index < -0.39 is 0 Å². The Morgan fingerprint density at radius 1 is 0.962 bits per heavy atom. The number of fused-ring (bicyclic) bond motifs is 1. The summed E-state index contributed by atoms with van der Waals surface area (Å²) >= 11 is 6.08. The second-order valence-electron chi connectivity index (χ2n) is 6.60. The van der Waals surface area contributed by atoms with Gasteiger partial charge in [-0.3, -0.25) is 4.90 Å².